The quantitative estimate of drug-likeness (QED) is 0.836. The van der Waals surface area contributed by atoms with E-state index in [1.807, 2.05) is 30.3 Å². The first-order valence-corrected chi connectivity index (χ1v) is 5.63. The van der Waals surface area contributed by atoms with Crippen LogP contribution in [0.3, 0.4) is 0 Å². The van der Waals surface area contributed by atoms with E-state index < -0.39 is 0 Å². The molecule has 0 bridgehead atoms. The number of hydrogen-bond donors (Lipinski definition) is 1. The van der Waals surface area contributed by atoms with Crippen molar-refractivity contribution in [1.29, 1.82) is 0 Å². The monoisotopic (exact) mass is 239 g/mol. The molecule has 0 radical (unpaired) electrons. The molecule has 90 valence electrons. The number of carbonyl (C=O) groups excluding carboxylic acids is 2. The Morgan fingerprint density at radius 3 is 2.44 bits per heavy atom. The van der Waals surface area contributed by atoms with Gasteiger partial charge in [0.15, 0.2) is 0 Å². The summed E-state index contributed by atoms with van der Waals surface area (Å²) in [6.07, 6.45) is 0.796. The zero-order chi connectivity index (χ0) is 13.0. The predicted molar refractivity (Wildman–Crippen MR) is 71.6 cm³/mol. The molecule has 2 aromatic carbocycles. The van der Waals surface area contributed by atoms with Crippen molar-refractivity contribution in [2.75, 3.05) is 5.32 Å². The Balaban J connectivity index is 2.54. The molecule has 0 atom stereocenters. The molecule has 0 aliphatic carbocycles. The van der Waals surface area contributed by atoms with Crippen molar-refractivity contribution >= 4 is 17.9 Å². The minimum absolute atomic E-state index is 0.133. The van der Waals surface area contributed by atoms with Gasteiger partial charge < -0.3 is 5.32 Å². The fourth-order valence-corrected chi connectivity index (χ4v) is 1.79. The lowest BCUT2D eigenvalue weighted by Gasteiger charge is -2.10. The van der Waals surface area contributed by atoms with Gasteiger partial charge in [-0.3, -0.25) is 9.59 Å². The van der Waals surface area contributed by atoms with Gasteiger partial charge in [0.2, 0.25) is 5.91 Å². The van der Waals surface area contributed by atoms with Crippen LogP contribution in [0.25, 0.3) is 11.1 Å². The first kappa shape index (κ1) is 12.0. The van der Waals surface area contributed by atoms with Gasteiger partial charge in [0.05, 0.1) is 0 Å². The second-order valence-corrected chi connectivity index (χ2v) is 3.97. The Hall–Kier alpha value is -2.42. The van der Waals surface area contributed by atoms with Crippen molar-refractivity contribution in [3.05, 3.63) is 54.1 Å². The van der Waals surface area contributed by atoms with Crippen LogP contribution in [0.15, 0.2) is 48.5 Å². The van der Waals surface area contributed by atoms with E-state index in [0.717, 1.165) is 17.4 Å². The number of carbonyl (C=O) groups is 2. The zero-order valence-electron chi connectivity index (χ0n) is 10.0. The molecule has 1 amide bonds. The molecule has 0 aromatic heterocycles. The van der Waals surface area contributed by atoms with Crippen LogP contribution < -0.4 is 5.32 Å². The minimum Gasteiger partial charge on any atom is -0.326 e. The molecule has 0 unspecified atom stereocenters. The normalized spacial score (nSPS) is 9.83. The third-order valence-electron chi connectivity index (χ3n) is 2.58. The van der Waals surface area contributed by atoms with Crippen molar-refractivity contribution in [3.8, 4) is 11.1 Å². The van der Waals surface area contributed by atoms with Crippen molar-refractivity contribution in [1.82, 2.24) is 0 Å². The average Bonchev–Trinajstić information content (AvgIpc) is 2.39. The molecular formula is C15H13NO2. The smallest absolute Gasteiger partial charge is 0.221 e. The number of hydrogen-bond acceptors (Lipinski definition) is 2. The van der Waals surface area contributed by atoms with E-state index in [0.29, 0.717) is 11.3 Å². The molecule has 3 nitrogen and oxygen atoms in total. The Labute approximate surface area is 105 Å². The summed E-state index contributed by atoms with van der Waals surface area (Å²) in [5.41, 5.74) is 3.10. The van der Waals surface area contributed by atoms with Gasteiger partial charge in [-0.05, 0) is 23.8 Å². The zero-order valence-corrected chi connectivity index (χ0v) is 10.0. The van der Waals surface area contributed by atoms with E-state index in [1.165, 1.54) is 6.92 Å². The van der Waals surface area contributed by atoms with Gasteiger partial charge in [-0.2, -0.15) is 0 Å². The summed E-state index contributed by atoms with van der Waals surface area (Å²) in [7, 11) is 0. The maximum atomic E-state index is 11.2. The van der Waals surface area contributed by atoms with Crippen molar-refractivity contribution in [2.24, 2.45) is 0 Å². The molecule has 2 aromatic rings. The highest BCUT2D eigenvalue weighted by molar-refractivity contribution is 5.95. The maximum Gasteiger partial charge on any atom is 0.221 e. The molecule has 18 heavy (non-hydrogen) atoms. The van der Waals surface area contributed by atoms with E-state index in [-0.39, 0.29) is 5.91 Å². The van der Waals surface area contributed by atoms with Crippen LogP contribution in [0.5, 0.6) is 0 Å². The van der Waals surface area contributed by atoms with Crippen LogP contribution in [-0.2, 0) is 4.79 Å². The molecule has 1 N–H and O–H groups in total. The molecule has 0 heterocycles. The topological polar surface area (TPSA) is 46.2 Å². The Morgan fingerprint density at radius 1 is 1.11 bits per heavy atom. The van der Waals surface area contributed by atoms with Gasteiger partial charge in [-0.1, -0.05) is 30.3 Å². The van der Waals surface area contributed by atoms with E-state index >= 15 is 0 Å². The molecular weight excluding hydrogens is 226 g/mol. The van der Waals surface area contributed by atoms with Crippen LogP contribution in [-0.4, -0.2) is 12.2 Å². The lowest BCUT2D eigenvalue weighted by atomic mass is 10.0. The van der Waals surface area contributed by atoms with E-state index in [2.05, 4.69) is 5.32 Å². The largest absolute Gasteiger partial charge is 0.326 e. The van der Waals surface area contributed by atoms with Crippen molar-refractivity contribution in [3.63, 3.8) is 0 Å². The Bertz CT molecular complexity index is 576. The first-order valence-electron chi connectivity index (χ1n) is 5.63. The summed E-state index contributed by atoms with van der Waals surface area (Å²) in [6, 6.07) is 14.8. The molecule has 0 saturated carbocycles. The Kier molecular flexibility index (Phi) is 3.53. The fraction of sp³-hybridized carbons (Fsp3) is 0.0667. The summed E-state index contributed by atoms with van der Waals surface area (Å²) >= 11 is 0. The number of amides is 1. The van der Waals surface area contributed by atoms with Gasteiger partial charge in [0.1, 0.15) is 6.29 Å². The number of rotatable bonds is 3. The highest BCUT2D eigenvalue weighted by Crippen LogP contribution is 2.28. The minimum atomic E-state index is -0.133. The number of nitrogens with one attached hydrogen (secondary N) is 1. The lowest BCUT2D eigenvalue weighted by molar-refractivity contribution is -0.114. The fourth-order valence-electron chi connectivity index (χ4n) is 1.79. The molecule has 0 aliphatic rings. The van der Waals surface area contributed by atoms with Gasteiger partial charge in [-0.15, -0.1) is 0 Å². The molecule has 2 rings (SSSR count). The van der Waals surface area contributed by atoms with E-state index in [1.54, 1.807) is 18.2 Å². The van der Waals surface area contributed by atoms with E-state index in [4.69, 9.17) is 0 Å². The van der Waals surface area contributed by atoms with Crippen LogP contribution in [0.4, 0.5) is 5.69 Å². The summed E-state index contributed by atoms with van der Waals surface area (Å²) < 4.78 is 0. The third-order valence-corrected chi connectivity index (χ3v) is 2.58. The second kappa shape index (κ2) is 5.27. The Morgan fingerprint density at radius 2 is 1.83 bits per heavy atom. The third kappa shape index (κ3) is 2.63. The summed E-state index contributed by atoms with van der Waals surface area (Å²) in [6.45, 7) is 1.46. The highest BCUT2D eigenvalue weighted by atomic mass is 16.1. The predicted octanol–water partition coefficient (Wildman–Crippen LogP) is 3.12. The van der Waals surface area contributed by atoms with Gasteiger partial charge in [0.25, 0.3) is 0 Å². The SMILES string of the molecule is CC(=O)Nc1ccc(C=O)cc1-c1ccccc1. The van der Waals surface area contributed by atoms with Crippen molar-refractivity contribution < 1.29 is 9.59 Å². The summed E-state index contributed by atoms with van der Waals surface area (Å²) in [5.74, 6) is -0.133. The van der Waals surface area contributed by atoms with Gasteiger partial charge in [-0.25, -0.2) is 0 Å². The lowest BCUT2D eigenvalue weighted by Crippen LogP contribution is -2.07. The molecule has 0 fully saturated rings. The van der Waals surface area contributed by atoms with Crippen LogP contribution in [0.2, 0.25) is 0 Å². The highest BCUT2D eigenvalue weighted by Gasteiger charge is 2.07. The summed E-state index contributed by atoms with van der Waals surface area (Å²) in [5, 5.41) is 2.77. The average molecular weight is 239 g/mol. The summed E-state index contributed by atoms with van der Waals surface area (Å²) in [4.78, 5) is 22.0. The van der Waals surface area contributed by atoms with Crippen LogP contribution in [0, 0.1) is 0 Å². The molecule has 0 spiro atoms. The maximum absolute atomic E-state index is 11.2. The van der Waals surface area contributed by atoms with Crippen molar-refractivity contribution in [2.45, 2.75) is 6.92 Å². The standard InChI is InChI=1S/C15H13NO2/c1-11(18)16-15-8-7-12(10-17)9-14(15)13-5-3-2-4-6-13/h2-10H,1H3,(H,16,18). The molecule has 0 aliphatic heterocycles. The molecule has 3 heteroatoms. The van der Waals surface area contributed by atoms with Gasteiger partial charge >= 0.3 is 0 Å². The van der Waals surface area contributed by atoms with Crippen LogP contribution >= 0.6 is 0 Å². The second-order valence-electron chi connectivity index (χ2n) is 3.97. The number of aldehydes is 1. The number of anilines is 1. The van der Waals surface area contributed by atoms with E-state index in [9.17, 15) is 9.59 Å². The molecule has 0 saturated heterocycles. The first-order chi connectivity index (χ1) is 8.70. The van der Waals surface area contributed by atoms with Crippen LogP contribution in [0.1, 0.15) is 17.3 Å². The number of benzene rings is 2. The van der Waals surface area contributed by atoms with Gasteiger partial charge in [0, 0.05) is 23.7 Å².